The van der Waals surface area contributed by atoms with Crippen LogP contribution in [-0.2, 0) is 33.3 Å². The molecule has 7 nitrogen and oxygen atoms in total. The van der Waals surface area contributed by atoms with E-state index in [1.807, 2.05) is 13.0 Å². The SMILES string of the molecule is CC(=O)O[C@@]1(C)C(=O)[C@H]2OC(=O)[C@@]3(C)CCC[C@@](C)([C@@H]23)[C@@]12CC[C@]1(C=COC1)O2. The molecule has 29 heavy (non-hydrogen) atoms. The Bertz CT molecular complexity index is 850. The molecule has 0 N–H and O–H groups in total. The fraction of sp³-hybridized carbons (Fsp3) is 0.773. The Morgan fingerprint density at radius 1 is 1.14 bits per heavy atom. The third kappa shape index (κ3) is 2.00. The van der Waals surface area contributed by atoms with E-state index in [0.717, 1.165) is 12.8 Å². The minimum absolute atomic E-state index is 0.311. The Balaban J connectivity index is 1.73. The number of carbonyl (C=O) groups excluding carboxylic acids is 3. The number of Topliss-reactive ketones (excluding diaryl/α,β-unsaturated/α-hetero) is 1. The van der Waals surface area contributed by atoms with E-state index in [2.05, 4.69) is 6.92 Å². The molecule has 4 fully saturated rings. The fourth-order valence-corrected chi connectivity index (χ4v) is 7.35. The van der Waals surface area contributed by atoms with Gasteiger partial charge in [0.2, 0.25) is 5.78 Å². The molecule has 0 unspecified atom stereocenters. The summed E-state index contributed by atoms with van der Waals surface area (Å²) in [5.41, 5.74) is -4.56. The molecule has 7 atom stereocenters. The molecule has 0 aromatic heterocycles. The van der Waals surface area contributed by atoms with Gasteiger partial charge in [0.25, 0.3) is 0 Å². The Hall–Kier alpha value is -1.89. The van der Waals surface area contributed by atoms with Crippen LogP contribution in [0, 0.1) is 16.7 Å². The number of ketones is 1. The minimum atomic E-state index is -1.54. The summed E-state index contributed by atoms with van der Waals surface area (Å²) >= 11 is 0. The second-order valence-corrected chi connectivity index (χ2v) is 10.1. The summed E-state index contributed by atoms with van der Waals surface area (Å²) in [4.78, 5) is 38.8. The van der Waals surface area contributed by atoms with Crippen molar-refractivity contribution in [2.24, 2.45) is 16.7 Å². The monoisotopic (exact) mass is 404 g/mol. The van der Waals surface area contributed by atoms with Gasteiger partial charge in [-0.1, -0.05) is 13.3 Å². The van der Waals surface area contributed by atoms with Crippen LogP contribution in [0.3, 0.4) is 0 Å². The molecule has 3 aliphatic heterocycles. The number of fused-ring (bicyclic) bond motifs is 1. The zero-order valence-electron chi connectivity index (χ0n) is 17.4. The predicted molar refractivity (Wildman–Crippen MR) is 99.5 cm³/mol. The second-order valence-electron chi connectivity index (χ2n) is 10.1. The maximum Gasteiger partial charge on any atom is 0.312 e. The van der Waals surface area contributed by atoms with Crippen molar-refractivity contribution >= 4 is 17.7 Å². The lowest BCUT2D eigenvalue weighted by atomic mass is 9.42. The van der Waals surface area contributed by atoms with Crippen molar-refractivity contribution in [3.05, 3.63) is 12.3 Å². The highest BCUT2D eigenvalue weighted by Gasteiger charge is 2.82. The molecule has 2 aliphatic carbocycles. The van der Waals surface area contributed by atoms with Gasteiger partial charge in [-0.25, -0.2) is 0 Å². The molecule has 0 bridgehead atoms. The third-order valence-electron chi connectivity index (χ3n) is 8.61. The van der Waals surface area contributed by atoms with Crippen LogP contribution in [0.1, 0.15) is 59.8 Å². The van der Waals surface area contributed by atoms with E-state index in [1.54, 1.807) is 13.2 Å². The molecule has 2 spiro atoms. The van der Waals surface area contributed by atoms with E-state index >= 15 is 0 Å². The van der Waals surface area contributed by atoms with E-state index in [9.17, 15) is 14.4 Å². The molecular formula is C22H28O7. The molecule has 7 heteroatoms. The van der Waals surface area contributed by atoms with Crippen LogP contribution in [0.25, 0.3) is 0 Å². The largest absolute Gasteiger partial charge is 0.498 e. The first-order chi connectivity index (χ1) is 13.5. The molecule has 5 aliphatic rings. The maximum atomic E-state index is 13.8. The molecule has 0 aromatic carbocycles. The molecule has 0 radical (unpaired) electrons. The molecule has 0 amide bonds. The Morgan fingerprint density at radius 2 is 1.90 bits per heavy atom. The Kier molecular flexibility index (Phi) is 3.57. The van der Waals surface area contributed by atoms with Crippen molar-refractivity contribution in [1.82, 2.24) is 0 Å². The lowest BCUT2D eigenvalue weighted by molar-refractivity contribution is -0.285. The Labute approximate surface area is 170 Å². The van der Waals surface area contributed by atoms with Crippen LogP contribution >= 0.6 is 0 Å². The summed E-state index contributed by atoms with van der Waals surface area (Å²) in [5, 5.41) is 0. The summed E-state index contributed by atoms with van der Waals surface area (Å²) in [6.45, 7) is 7.33. The third-order valence-corrected chi connectivity index (χ3v) is 8.61. The number of esters is 2. The Morgan fingerprint density at radius 3 is 2.55 bits per heavy atom. The fourth-order valence-electron chi connectivity index (χ4n) is 7.35. The molecule has 5 rings (SSSR count). The number of ether oxygens (including phenoxy) is 4. The molecule has 0 aromatic rings. The van der Waals surface area contributed by atoms with Crippen LogP contribution in [0.2, 0.25) is 0 Å². The molecule has 2 saturated carbocycles. The molecule has 2 saturated heterocycles. The molecular weight excluding hydrogens is 376 g/mol. The lowest BCUT2D eigenvalue weighted by Gasteiger charge is -2.63. The molecule has 3 heterocycles. The number of carbonyl (C=O) groups is 3. The van der Waals surface area contributed by atoms with Gasteiger partial charge in [0, 0.05) is 18.3 Å². The summed E-state index contributed by atoms with van der Waals surface area (Å²) in [6.07, 6.45) is 6.09. The summed E-state index contributed by atoms with van der Waals surface area (Å²) in [7, 11) is 0. The van der Waals surface area contributed by atoms with Gasteiger partial charge in [0.1, 0.15) is 17.8 Å². The number of rotatable bonds is 1. The van der Waals surface area contributed by atoms with Crippen LogP contribution in [0.5, 0.6) is 0 Å². The number of hydrogen-bond donors (Lipinski definition) is 0. The summed E-state index contributed by atoms with van der Waals surface area (Å²) in [6, 6.07) is 0. The van der Waals surface area contributed by atoms with Crippen molar-refractivity contribution in [1.29, 1.82) is 0 Å². The van der Waals surface area contributed by atoms with E-state index in [4.69, 9.17) is 18.9 Å². The first-order valence-corrected chi connectivity index (χ1v) is 10.5. The van der Waals surface area contributed by atoms with Gasteiger partial charge >= 0.3 is 11.9 Å². The van der Waals surface area contributed by atoms with Crippen LogP contribution < -0.4 is 0 Å². The molecule has 158 valence electrons. The van der Waals surface area contributed by atoms with Crippen LogP contribution in [-0.4, -0.2) is 47.2 Å². The standard InChI is InChI=1S/C22H28O7/c1-13(23)28-20(4)16(24)14-15-18(2,17(25)27-14)6-5-7-19(15,3)22(20)9-8-21(29-22)10-11-26-12-21/h10-11,14-15H,5-9,12H2,1-4H3/t14-,15-,18-,19-,20-,21+,22-/m0/s1. The predicted octanol–water partition coefficient (Wildman–Crippen LogP) is 2.46. The van der Waals surface area contributed by atoms with Crippen molar-refractivity contribution in [2.75, 3.05) is 6.61 Å². The van der Waals surface area contributed by atoms with E-state index in [1.165, 1.54) is 6.92 Å². The van der Waals surface area contributed by atoms with E-state index in [0.29, 0.717) is 25.9 Å². The van der Waals surface area contributed by atoms with Gasteiger partial charge in [0.05, 0.1) is 11.7 Å². The second kappa shape index (κ2) is 5.42. The summed E-state index contributed by atoms with van der Waals surface area (Å²) < 4.78 is 23.8. The van der Waals surface area contributed by atoms with Gasteiger partial charge in [-0.15, -0.1) is 0 Å². The average molecular weight is 404 g/mol. The van der Waals surface area contributed by atoms with Crippen LogP contribution in [0.4, 0.5) is 0 Å². The highest BCUT2D eigenvalue weighted by molar-refractivity contribution is 6.00. The van der Waals surface area contributed by atoms with Gasteiger partial charge < -0.3 is 18.9 Å². The van der Waals surface area contributed by atoms with Gasteiger partial charge in [-0.05, 0) is 45.6 Å². The maximum absolute atomic E-state index is 13.8. The first kappa shape index (κ1) is 19.1. The zero-order valence-corrected chi connectivity index (χ0v) is 17.4. The zero-order chi connectivity index (χ0) is 20.9. The number of hydrogen-bond acceptors (Lipinski definition) is 7. The smallest absolute Gasteiger partial charge is 0.312 e. The minimum Gasteiger partial charge on any atom is -0.498 e. The average Bonchev–Trinajstić information content (AvgIpc) is 3.33. The van der Waals surface area contributed by atoms with Crippen molar-refractivity contribution in [2.45, 2.75) is 82.7 Å². The van der Waals surface area contributed by atoms with Gasteiger partial charge in [0.15, 0.2) is 11.7 Å². The van der Waals surface area contributed by atoms with Crippen molar-refractivity contribution in [3.63, 3.8) is 0 Å². The summed E-state index contributed by atoms with van der Waals surface area (Å²) in [5.74, 6) is -1.55. The topological polar surface area (TPSA) is 88.1 Å². The van der Waals surface area contributed by atoms with Crippen LogP contribution in [0.15, 0.2) is 12.3 Å². The van der Waals surface area contributed by atoms with Gasteiger partial charge in [-0.3, -0.25) is 14.4 Å². The lowest BCUT2D eigenvalue weighted by Crippen LogP contribution is -2.77. The quantitative estimate of drug-likeness (QED) is 0.620. The first-order valence-electron chi connectivity index (χ1n) is 10.5. The van der Waals surface area contributed by atoms with Gasteiger partial charge in [-0.2, -0.15) is 0 Å². The van der Waals surface area contributed by atoms with E-state index in [-0.39, 0.29) is 17.7 Å². The highest BCUT2D eigenvalue weighted by Crippen LogP contribution is 2.71. The van der Waals surface area contributed by atoms with Crippen molar-refractivity contribution in [3.8, 4) is 0 Å². The normalized spacial score (nSPS) is 52.6. The highest BCUT2D eigenvalue weighted by atomic mass is 16.6. The van der Waals surface area contributed by atoms with Crippen molar-refractivity contribution < 1.29 is 33.3 Å². The van der Waals surface area contributed by atoms with E-state index < -0.39 is 39.7 Å².